The van der Waals surface area contributed by atoms with Gasteiger partial charge < -0.3 is 10.3 Å². The average Bonchev–Trinajstić information content (AvgIpc) is 3.42. The van der Waals surface area contributed by atoms with Crippen molar-refractivity contribution in [2.45, 2.75) is 46.1 Å². The van der Waals surface area contributed by atoms with E-state index in [9.17, 15) is 4.79 Å². The van der Waals surface area contributed by atoms with Gasteiger partial charge in [0.25, 0.3) is 11.4 Å². The third-order valence-corrected chi connectivity index (χ3v) is 6.70. The van der Waals surface area contributed by atoms with Crippen molar-refractivity contribution in [3.05, 3.63) is 118 Å². The van der Waals surface area contributed by atoms with Gasteiger partial charge in [-0.1, -0.05) is 79.2 Å². The largest absolute Gasteiger partial charge is 0.398 e. The highest BCUT2D eigenvalue weighted by Gasteiger charge is 2.18. The number of aryl methyl sites for hydroxylation is 2. The third-order valence-electron chi connectivity index (χ3n) is 6.70. The SMILES string of the molecule is CCCCc1nc(C)n(Cc2noc(-c3ccccc3)n2)c(=O)c1Cc1ccc(-c2ccccc2N)cc1. The topological polar surface area (TPSA) is 99.8 Å². The van der Waals surface area contributed by atoms with Crippen molar-refractivity contribution < 1.29 is 4.52 Å². The normalized spacial score (nSPS) is 11.1. The number of aromatic nitrogens is 4. The smallest absolute Gasteiger partial charge is 0.257 e. The summed E-state index contributed by atoms with van der Waals surface area (Å²) < 4.78 is 7.10. The van der Waals surface area contributed by atoms with E-state index in [1.54, 1.807) is 4.57 Å². The number of unbranched alkanes of at least 4 members (excludes halogenated alkanes) is 1. The second-order valence-corrected chi connectivity index (χ2v) is 9.42. The molecule has 38 heavy (non-hydrogen) atoms. The zero-order valence-corrected chi connectivity index (χ0v) is 21.7. The summed E-state index contributed by atoms with van der Waals surface area (Å²) in [5.74, 6) is 1.51. The molecular formula is C31H31N5O2. The molecule has 0 saturated heterocycles. The molecule has 2 heterocycles. The van der Waals surface area contributed by atoms with Crippen LogP contribution in [0.2, 0.25) is 0 Å². The van der Waals surface area contributed by atoms with Gasteiger partial charge in [0.1, 0.15) is 5.82 Å². The van der Waals surface area contributed by atoms with E-state index in [4.69, 9.17) is 15.2 Å². The fraction of sp³-hybridized carbons (Fsp3) is 0.226. The van der Waals surface area contributed by atoms with E-state index >= 15 is 0 Å². The molecule has 0 amide bonds. The molecule has 0 bridgehead atoms. The number of rotatable bonds is 9. The van der Waals surface area contributed by atoms with Crippen LogP contribution in [0.5, 0.6) is 0 Å². The lowest BCUT2D eigenvalue weighted by Gasteiger charge is -2.15. The van der Waals surface area contributed by atoms with Gasteiger partial charge in [-0.25, -0.2) is 4.98 Å². The fourth-order valence-electron chi connectivity index (χ4n) is 4.60. The fourth-order valence-corrected chi connectivity index (χ4v) is 4.60. The second-order valence-electron chi connectivity index (χ2n) is 9.42. The molecule has 3 aromatic carbocycles. The summed E-state index contributed by atoms with van der Waals surface area (Å²) in [4.78, 5) is 23.2. The quantitative estimate of drug-likeness (QED) is 0.253. The van der Waals surface area contributed by atoms with Crippen LogP contribution in [0.1, 0.15) is 48.2 Å². The van der Waals surface area contributed by atoms with Crippen LogP contribution in [-0.2, 0) is 19.4 Å². The molecule has 2 N–H and O–H groups in total. The van der Waals surface area contributed by atoms with Crippen molar-refractivity contribution in [2.24, 2.45) is 0 Å². The first-order valence-corrected chi connectivity index (χ1v) is 12.9. The number of nitrogen functional groups attached to an aromatic ring is 1. The van der Waals surface area contributed by atoms with Crippen molar-refractivity contribution in [1.82, 2.24) is 19.7 Å². The van der Waals surface area contributed by atoms with Gasteiger partial charge >= 0.3 is 0 Å². The Balaban J connectivity index is 1.45. The molecule has 0 aliphatic rings. The summed E-state index contributed by atoms with van der Waals surface area (Å²) in [6.07, 6.45) is 3.26. The number of hydrogen-bond acceptors (Lipinski definition) is 6. The molecule has 7 nitrogen and oxygen atoms in total. The molecule has 0 aliphatic carbocycles. The maximum atomic E-state index is 13.8. The minimum Gasteiger partial charge on any atom is -0.398 e. The average molecular weight is 506 g/mol. The third kappa shape index (κ3) is 5.42. The minimum atomic E-state index is -0.0638. The highest BCUT2D eigenvalue weighted by molar-refractivity contribution is 5.76. The number of anilines is 1. The van der Waals surface area contributed by atoms with Gasteiger partial charge in [-0.05, 0) is 49.1 Å². The highest BCUT2D eigenvalue weighted by Crippen LogP contribution is 2.26. The van der Waals surface area contributed by atoms with E-state index in [1.165, 1.54) is 0 Å². The zero-order chi connectivity index (χ0) is 26.5. The number of hydrogen-bond donors (Lipinski definition) is 1. The molecular weight excluding hydrogens is 474 g/mol. The second kappa shape index (κ2) is 11.3. The van der Waals surface area contributed by atoms with Crippen molar-refractivity contribution in [2.75, 3.05) is 5.73 Å². The van der Waals surface area contributed by atoms with Gasteiger partial charge in [0, 0.05) is 28.8 Å². The van der Waals surface area contributed by atoms with Gasteiger partial charge in [0.05, 0.1) is 12.2 Å². The van der Waals surface area contributed by atoms with E-state index in [-0.39, 0.29) is 12.1 Å². The molecule has 0 saturated carbocycles. The number of para-hydroxylation sites is 1. The van der Waals surface area contributed by atoms with Crippen LogP contribution in [0.25, 0.3) is 22.6 Å². The molecule has 5 aromatic rings. The van der Waals surface area contributed by atoms with Crippen LogP contribution < -0.4 is 11.3 Å². The van der Waals surface area contributed by atoms with Crippen LogP contribution in [0.4, 0.5) is 5.69 Å². The Bertz CT molecular complexity index is 1590. The molecule has 5 rings (SSSR count). The van der Waals surface area contributed by atoms with Crippen LogP contribution in [0.15, 0.2) is 88.2 Å². The first kappa shape index (κ1) is 25.1. The van der Waals surface area contributed by atoms with Gasteiger partial charge in [-0.15, -0.1) is 0 Å². The maximum absolute atomic E-state index is 13.8. The van der Waals surface area contributed by atoms with Crippen molar-refractivity contribution in [3.8, 4) is 22.6 Å². The monoisotopic (exact) mass is 505 g/mol. The van der Waals surface area contributed by atoms with E-state index < -0.39 is 0 Å². The molecule has 0 aliphatic heterocycles. The predicted molar refractivity (Wildman–Crippen MR) is 150 cm³/mol. The Morgan fingerprint density at radius 3 is 2.37 bits per heavy atom. The maximum Gasteiger partial charge on any atom is 0.257 e. The summed E-state index contributed by atoms with van der Waals surface area (Å²) in [6.45, 7) is 4.20. The highest BCUT2D eigenvalue weighted by atomic mass is 16.5. The summed E-state index contributed by atoms with van der Waals surface area (Å²) in [6, 6.07) is 25.6. The first-order chi connectivity index (χ1) is 18.5. The Kier molecular flexibility index (Phi) is 7.45. The summed E-state index contributed by atoms with van der Waals surface area (Å²) in [5.41, 5.74) is 12.3. The lowest BCUT2D eigenvalue weighted by Crippen LogP contribution is -2.30. The molecule has 0 atom stereocenters. The zero-order valence-electron chi connectivity index (χ0n) is 21.7. The van der Waals surface area contributed by atoms with E-state index in [1.807, 2.05) is 61.5 Å². The Labute approximate surface area is 222 Å². The van der Waals surface area contributed by atoms with Crippen molar-refractivity contribution in [3.63, 3.8) is 0 Å². The molecule has 7 heteroatoms. The van der Waals surface area contributed by atoms with Crippen molar-refractivity contribution >= 4 is 5.69 Å². The minimum absolute atomic E-state index is 0.0638. The first-order valence-electron chi connectivity index (χ1n) is 12.9. The van der Waals surface area contributed by atoms with Crippen LogP contribution in [0, 0.1) is 6.92 Å². The molecule has 192 valence electrons. The molecule has 0 radical (unpaired) electrons. The molecule has 0 fully saturated rings. The van der Waals surface area contributed by atoms with Crippen LogP contribution >= 0.6 is 0 Å². The lowest BCUT2D eigenvalue weighted by atomic mass is 9.98. The molecule has 0 spiro atoms. The van der Waals surface area contributed by atoms with Gasteiger partial charge in [-0.3, -0.25) is 9.36 Å². The number of nitrogens with two attached hydrogens (primary N) is 1. The van der Waals surface area contributed by atoms with Gasteiger partial charge in [0.15, 0.2) is 5.82 Å². The molecule has 0 unspecified atom stereocenters. The van der Waals surface area contributed by atoms with Crippen LogP contribution in [0.3, 0.4) is 0 Å². The van der Waals surface area contributed by atoms with E-state index in [0.717, 1.165) is 52.9 Å². The van der Waals surface area contributed by atoms with E-state index in [2.05, 4.69) is 41.3 Å². The number of benzene rings is 3. The van der Waals surface area contributed by atoms with Gasteiger partial charge in [-0.2, -0.15) is 4.98 Å². The van der Waals surface area contributed by atoms with Crippen LogP contribution in [-0.4, -0.2) is 19.7 Å². The van der Waals surface area contributed by atoms with Crippen molar-refractivity contribution in [1.29, 1.82) is 0 Å². The summed E-state index contributed by atoms with van der Waals surface area (Å²) in [7, 11) is 0. The Hall–Kier alpha value is -4.52. The standard InChI is InChI=1S/C31H31N5O2/c1-3-4-14-28-26(19-22-15-17-23(18-16-22)25-12-8-9-13-27(25)32)31(37)36(21(2)33-28)20-29-34-30(38-35-29)24-10-6-5-7-11-24/h5-13,15-18H,3-4,14,19-20,32H2,1-2H3. The molecule has 2 aromatic heterocycles. The Morgan fingerprint density at radius 1 is 0.895 bits per heavy atom. The van der Waals surface area contributed by atoms with Gasteiger partial charge in [0.2, 0.25) is 0 Å². The Morgan fingerprint density at radius 2 is 1.63 bits per heavy atom. The van der Waals surface area contributed by atoms with E-state index in [0.29, 0.717) is 29.5 Å². The number of nitrogens with zero attached hydrogens (tertiary/aromatic N) is 4. The predicted octanol–water partition coefficient (Wildman–Crippen LogP) is 5.83. The summed E-state index contributed by atoms with van der Waals surface area (Å²) >= 11 is 0. The summed E-state index contributed by atoms with van der Waals surface area (Å²) in [5, 5.41) is 4.12. The lowest BCUT2D eigenvalue weighted by molar-refractivity contribution is 0.419.